The second kappa shape index (κ2) is 8.11. The van der Waals surface area contributed by atoms with Crippen molar-refractivity contribution < 1.29 is 19.2 Å². The number of nitro benzene ring substituents is 1. The van der Waals surface area contributed by atoms with Crippen LogP contribution in [0.4, 0.5) is 17.1 Å². The molecule has 2 N–H and O–H groups in total. The summed E-state index contributed by atoms with van der Waals surface area (Å²) in [5, 5.41) is 16.3. The smallest absolute Gasteiger partial charge is 0.341 e. The molecular weight excluding hydrogens is 338 g/mol. The van der Waals surface area contributed by atoms with Crippen LogP contribution in [-0.2, 0) is 9.53 Å². The van der Waals surface area contributed by atoms with Crippen LogP contribution < -0.4 is 10.6 Å². The molecule has 136 valence electrons. The number of ether oxygens (including phenoxy) is 1. The predicted molar refractivity (Wildman–Crippen MR) is 97.5 cm³/mol. The van der Waals surface area contributed by atoms with Gasteiger partial charge in [-0.15, -0.1) is 0 Å². The Morgan fingerprint density at radius 2 is 1.77 bits per heavy atom. The third-order valence-electron chi connectivity index (χ3n) is 3.54. The number of amides is 1. The minimum Gasteiger partial charge on any atom is -0.452 e. The van der Waals surface area contributed by atoms with Crippen LogP contribution in [0.15, 0.2) is 36.4 Å². The highest BCUT2D eigenvalue weighted by Crippen LogP contribution is 2.22. The van der Waals surface area contributed by atoms with Crippen molar-refractivity contribution in [3.63, 3.8) is 0 Å². The number of nitrogens with zero attached hydrogens (tertiary/aromatic N) is 1. The normalized spacial score (nSPS) is 10.1. The average molecular weight is 357 g/mol. The molecular formula is C18H19N3O5. The molecule has 0 saturated carbocycles. The van der Waals surface area contributed by atoms with Gasteiger partial charge in [0.1, 0.15) is 0 Å². The molecule has 0 unspecified atom stereocenters. The van der Waals surface area contributed by atoms with Crippen molar-refractivity contribution in [3.05, 3.63) is 63.2 Å². The Bertz CT molecular complexity index is 844. The highest BCUT2D eigenvalue weighted by Gasteiger charge is 2.18. The number of anilines is 2. The summed E-state index contributed by atoms with van der Waals surface area (Å²) in [7, 11) is 1.57. The number of carbonyl (C=O) groups excluding carboxylic acids is 2. The van der Waals surface area contributed by atoms with Crippen LogP contribution in [0.25, 0.3) is 0 Å². The van der Waals surface area contributed by atoms with Gasteiger partial charge in [-0.05, 0) is 43.2 Å². The lowest BCUT2D eigenvalue weighted by Crippen LogP contribution is -2.21. The summed E-state index contributed by atoms with van der Waals surface area (Å²) in [4.78, 5) is 34.4. The fraction of sp³-hybridized carbons (Fsp3) is 0.222. The maximum atomic E-state index is 12.2. The second-order valence-electron chi connectivity index (χ2n) is 5.74. The maximum Gasteiger partial charge on any atom is 0.341 e. The number of rotatable bonds is 6. The van der Waals surface area contributed by atoms with E-state index in [1.54, 1.807) is 19.2 Å². The molecule has 0 fully saturated rings. The van der Waals surface area contributed by atoms with Gasteiger partial charge in [0.2, 0.25) is 0 Å². The summed E-state index contributed by atoms with van der Waals surface area (Å²) >= 11 is 0. The molecule has 1 amide bonds. The fourth-order valence-corrected chi connectivity index (χ4v) is 2.49. The van der Waals surface area contributed by atoms with Crippen LogP contribution in [0, 0.1) is 24.0 Å². The van der Waals surface area contributed by atoms with E-state index in [-0.39, 0.29) is 11.3 Å². The standard InChI is InChI=1S/C18H19N3O5/c1-11-6-12(2)8-13(7-11)20-17(22)10-26-18(23)15-9-14(21(24)25)4-5-16(15)19-3/h4-9,19H,10H2,1-3H3,(H,20,22). The van der Waals surface area contributed by atoms with E-state index in [9.17, 15) is 19.7 Å². The van der Waals surface area contributed by atoms with Gasteiger partial charge in [0.15, 0.2) is 6.61 Å². The molecule has 2 aromatic rings. The largest absolute Gasteiger partial charge is 0.452 e. The van der Waals surface area contributed by atoms with Gasteiger partial charge in [-0.25, -0.2) is 4.79 Å². The molecule has 0 aliphatic rings. The van der Waals surface area contributed by atoms with Crippen molar-refractivity contribution in [1.29, 1.82) is 0 Å². The number of non-ortho nitro benzene ring substituents is 1. The van der Waals surface area contributed by atoms with E-state index in [0.29, 0.717) is 11.4 Å². The summed E-state index contributed by atoms with van der Waals surface area (Å²) < 4.78 is 4.99. The first kappa shape index (κ1) is 18.9. The molecule has 0 aromatic heterocycles. The Balaban J connectivity index is 2.04. The second-order valence-corrected chi connectivity index (χ2v) is 5.74. The minimum atomic E-state index is -0.825. The van der Waals surface area contributed by atoms with Crippen LogP contribution in [0.5, 0.6) is 0 Å². The number of nitrogens with one attached hydrogen (secondary N) is 2. The molecule has 2 rings (SSSR count). The van der Waals surface area contributed by atoms with Crippen molar-refractivity contribution >= 4 is 28.9 Å². The fourth-order valence-electron chi connectivity index (χ4n) is 2.49. The van der Waals surface area contributed by atoms with E-state index in [1.165, 1.54) is 12.1 Å². The van der Waals surface area contributed by atoms with Crippen LogP contribution in [0.2, 0.25) is 0 Å². The van der Waals surface area contributed by atoms with E-state index in [1.807, 2.05) is 19.9 Å². The zero-order valence-corrected chi connectivity index (χ0v) is 14.7. The Hall–Kier alpha value is -3.42. The lowest BCUT2D eigenvalue weighted by Gasteiger charge is -2.10. The SMILES string of the molecule is CNc1ccc([N+](=O)[O-])cc1C(=O)OCC(=O)Nc1cc(C)cc(C)c1. The Morgan fingerprint density at radius 3 is 2.35 bits per heavy atom. The highest BCUT2D eigenvalue weighted by atomic mass is 16.6. The van der Waals surface area contributed by atoms with Crippen LogP contribution >= 0.6 is 0 Å². The van der Waals surface area contributed by atoms with Gasteiger partial charge in [-0.3, -0.25) is 14.9 Å². The lowest BCUT2D eigenvalue weighted by molar-refractivity contribution is -0.384. The number of esters is 1. The Labute approximate surface area is 150 Å². The molecule has 0 bridgehead atoms. The highest BCUT2D eigenvalue weighted by molar-refractivity contribution is 5.99. The molecule has 0 saturated heterocycles. The summed E-state index contributed by atoms with van der Waals surface area (Å²) in [6.07, 6.45) is 0. The molecule has 0 atom stereocenters. The lowest BCUT2D eigenvalue weighted by atomic mass is 10.1. The summed E-state index contributed by atoms with van der Waals surface area (Å²) in [5.41, 5.74) is 2.71. The van der Waals surface area contributed by atoms with Crippen LogP contribution in [0.1, 0.15) is 21.5 Å². The van der Waals surface area contributed by atoms with Gasteiger partial charge in [-0.2, -0.15) is 0 Å². The topological polar surface area (TPSA) is 111 Å². The van der Waals surface area contributed by atoms with E-state index in [0.717, 1.165) is 17.2 Å². The van der Waals surface area contributed by atoms with Gasteiger partial charge in [0.05, 0.1) is 10.5 Å². The Morgan fingerprint density at radius 1 is 1.12 bits per heavy atom. The first-order chi connectivity index (χ1) is 12.3. The van der Waals surface area contributed by atoms with E-state index < -0.39 is 23.4 Å². The van der Waals surface area contributed by atoms with Crippen molar-refractivity contribution in [1.82, 2.24) is 0 Å². The van der Waals surface area contributed by atoms with Gasteiger partial charge in [0.25, 0.3) is 11.6 Å². The molecule has 0 heterocycles. The predicted octanol–water partition coefficient (Wildman–Crippen LogP) is 3.05. The quantitative estimate of drug-likeness (QED) is 0.467. The minimum absolute atomic E-state index is 0.0131. The van der Waals surface area contributed by atoms with Gasteiger partial charge >= 0.3 is 5.97 Å². The molecule has 0 aliphatic heterocycles. The van der Waals surface area contributed by atoms with Gasteiger partial charge in [-0.1, -0.05) is 6.07 Å². The average Bonchev–Trinajstić information content (AvgIpc) is 2.58. The van der Waals surface area contributed by atoms with Crippen LogP contribution in [0.3, 0.4) is 0 Å². The number of benzene rings is 2. The van der Waals surface area contributed by atoms with Crippen molar-refractivity contribution in [3.8, 4) is 0 Å². The molecule has 0 aliphatic carbocycles. The molecule has 0 spiro atoms. The third kappa shape index (κ3) is 4.79. The number of hydrogen-bond acceptors (Lipinski definition) is 6. The van der Waals surface area contributed by atoms with E-state index >= 15 is 0 Å². The zero-order chi connectivity index (χ0) is 19.3. The number of carbonyl (C=O) groups is 2. The van der Waals surface area contributed by atoms with Gasteiger partial charge < -0.3 is 15.4 Å². The van der Waals surface area contributed by atoms with Crippen molar-refractivity contribution in [2.45, 2.75) is 13.8 Å². The first-order valence-electron chi connectivity index (χ1n) is 7.81. The summed E-state index contributed by atoms with van der Waals surface area (Å²) in [6.45, 7) is 3.31. The summed E-state index contributed by atoms with van der Waals surface area (Å²) in [6, 6.07) is 9.35. The molecule has 8 nitrogen and oxygen atoms in total. The van der Waals surface area contributed by atoms with Gasteiger partial charge in [0, 0.05) is 30.6 Å². The number of nitro groups is 1. The van der Waals surface area contributed by atoms with Crippen molar-refractivity contribution in [2.24, 2.45) is 0 Å². The summed E-state index contributed by atoms with van der Waals surface area (Å²) in [5.74, 6) is -1.33. The first-order valence-corrected chi connectivity index (χ1v) is 7.81. The van der Waals surface area contributed by atoms with E-state index in [2.05, 4.69) is 10.6 Å². The molecule has 8 heteroatoms. The maximum absolute atomic E-state index is 12.2. The molecule has 0 radical (unpaired) electrons. The zero-order valence-electron chi connectivity index (χ0n) is 14.7. The van der Waals surface area contributed by atoms with Crippen LogP contribution in [-0.4, -0.2) is 30.5 Å². The number of hydrogen-bond donors (Lipinski definition) is 2. The van der Waals surface area contributed by atoms with E-state index in [4.69, 9.17) is 4.74 Å². The third-order valence-corrected chi connectivity index (χ3v) is 3.54. The Kier molecular flexibility index (Phi) is 5.90. The molecule has 26 heavy (non-hydrogen) atoms. The van der Waals surface area contributed by atoms with Crippen molar-refractivity contribution in [2.75, 3.05) is 24.3 Å². The number of aryl methyl sites for hydroxylation is 2. The monoisotopic (exact) mass is 357 g/mol. The molecule has 2 aromatic carbocycles.